The van der Waals surface area contributed by atoms with Crippen molar-refractivity contribution in [2.24, 2.45) is 5.92 Å². The van der Waals surface area contributed by atoms with Crippen LogP contribution < -0.4 is 4.90 Å². The quantitative estimate of drug-likeness (QED) is 0.835. The lowest BCUT2D eigenvalue weighted by atomic mass is 9.90. The van der Waals surface area contributed by atoms with E-state index in [0.29, 0.717) is 32.8 Å². The highest BCUT2D eigenvalue weighted by Gasteiger charge is 2.38. The van der Waals surface area contributed by atoms with Crippen molar-refractivity contribution in [1.29, 1.82) is 0 Å². The second kappa shape index (κ2) is 7.98. The largest absolute Gasteiger partial charge is 0.481 e. The number of morpholine rings is 1. The molecule has 0 saturated carbocycles. The standard InChI is InChI=1S/C19H23N5O3/c25-18(26)17-13-23(12-16(17)15-2-1-3-20-10-15)11-14-8-21-19(22-9-14)24-4-6-27-7-5-24/h1-3,8-10,16-17H,4-7,11-13H2,(H,25,26)/t16-,17+/m0/s1. The highest BCUT2D eigenvalue weighted by atomic mass is 16.5. The first-order valence-electron chi connectivity index (χ1n) is 9.19. The van der Waals surface area contributed by atoms with Crippen LogP contribution in [-0.2, 0) is 16.1 Å². The number of hydrogen-bond acceptors (Lipinski definition) is 7. The van der Waals surface area contributed by atoms with Crippen molar-refractivity contribution in [3.8, 4) is 0 Å². The smallest absolute Gasteiger partial charge is 0.308 e. The van der Waals surface area contributed by atoms with E-state index in [-0.39, 0.29) is 5.92 Å². The molecular formula is C19H23N5O3. The molecular weight excluding hydrogens is 346 g/mol. The fraction of sp³-hybridized carbons (Fsp3) is 0.474. The summed E-state index contributed by atoms with van der Waals surface area (Å²) in [7, 11) is 0. The van der Waals surface area contributed by atoms with E-state index >= 15 is 0 Å². The van der Waals surface area contributed by atoms with Crippen LogP contribution in [0.2, 0.25) is 0 Å². The fourth-order valence-corrected chi connectivity index (χ4v) is 3.81. The summed E-state index contributed by atoms with van der Waals surface area (Å²) in [6, 6.07) is 3.81. The Morgan fingerprint density at radius 2 is 1.96 bits per heavy atom. The van der Waals surface area contributed by atoms with Crippen LogP contribution in [0.5, 0.6) is 0 Å². The van der Waals surface area contributed by atoms with E-state index in [1.54, 1.807) is 12.4 Å². The minimum absolute atomic E-state index is 0.0512. The summed E-state index contributed by atoms with van der Waals surface area (Å²) in [6.07, 6.45) is 7.15. The van der Waals surface area contributed by atoms with Crippen molar-refractivity contribution in [2.75, 3.05) is 44.3 Å². The number of aromatic nitrogens is 3. The van der Waals surface area contributed by atoms with Crippen molar-refractivity contribution in [1.82, 2.24) is 19.9 Å². The van der Waals surface area contributed by atoms with Crippen molar-refractivity contribution >= 4 is 11.9 Å². The Labute approximate surface area is 157 Å². The Balaban J connectivity index is 1.42. The van der Waals surface area contributed by atoms with Crippen LogP contribution in [0, 0.1) is 5.92 Å². The molecule has 0 radical (unpaired) electrons. The lowest BCUT2D eigenvalue weighted by Crippen LogP contribution is -2.37. The zero-order valence-electron chi connectivity index (χ0n) is 15.1. The lowest BCUT2D eigenvalue weighted by molar-refractivity contribution is -0.141. The minimum atomic E-state index is -0.759. The highest BCUT2D eigenvalue weighted by Crippen LogP contribution is 2.33. The van der Waals surface area contributed by atoms with Crippen LogP contribution >= 0.6 is 0 Å². The van der Waals surface area contributed by atoms with Gasteiger partial charge in [-0.25, -0.2) is 9.97 Å². The molecule has 2 saturated heterocycles. The summed E-state index contributed by atoms with van der Waals surface area (Å²) in [6.45, 7) is 4.85. The highest BCUT2D eigenvalue weighted by molar-refractivity contribution is 5.72. The molecule has 1 N–H and O–H groups in total. The van der Waals surface area contributed by atoms with Crippen molar-refractivity contribution in [3.63, 3.8) is 0 Å². The molecule has 0 amide bonds. The Morgan fingerprint density at radius 3 is 2.63 bits per heavy atom. The van der Waals surface area contributed by atoms with E-state index in [9.17, 15) is 9.90 Å². The predicted octanol–water partition coefficient (Wildman–Crippen LogP) is 1.01. The average molecular weight is 369 g/mol. The zero-order valence-corrected chi connectivity index (χ0v) is 15.1. The van der Waals surface area contributed by atoms with Crippen LogP contribution in [0.1, 0.15) is 17.0 Å². The van der Waals surface area contributed by atoms with Gasteiger partial charge in [-0.05, 0) is 11.6 Å². The zero-order chi connectivity index (χ0) is 18.6. The van der Waals surface area contributed by atoms with E-state index in [0.717, 1.165) is 30.2 Å². The molecule has 0 aliphatic carbocycles. The SMILES string of the molecule is O=C(O)[C@@H]1CN(Cc2cnc(N3CCOCC3)nc2)C[C@H]1c1cccnc1. The van der Waals surface area contributed by atoms with E-state index in [1.165, 1.54) is 0 Å². The maximum absolute atomic E-state index is 11.7. The van der Waals surface area contributed by atoms with Gasteiger partial charge in [-0.15, -0.1) is 0 Å². The number of nitrogens with zero attached hydrogens (tertiary/aromatic N) is 5. The number of carbonyl (C=O) groups is 1. The Bertz CT molecular complexity index is 765. The predicted molar refractivity (Wildman–Crippen MR) is 98.4 cm³/mol. The van der Waals surface area contributed by atoms with Crippen LogP contribution in [0.25, 0.3) is 0 Å². The molecule has 2 atom stereocenters. The van der Waals surface area contributed by atoms with E-state index in [1.807, 2.05) is 24.5 Å². The first-order valence-corrected chi connectivity index (χ1v) is 9.19. The summed E-state index contributed by atoms with van der Waals surface area (Å²) in [5.41, 5.74) is 1.97. The summed E-state index contributed by atoms with van der Waals surface area (Å²) in [5, 5.41) is 9.62. The summed E-state index contributed by atoms with van der Waals surface area (Å²) in [5.74, 6) is -0.516. The maximum Gasteiger partial charge on any atom is 0.308 e. The van der Waals surface area contributed by atoms with Crippen LogP contribution in [0.3, 0.4) is 0 Å². The van der Waals surface area contributed by atoms with Gasteiger partial charge < -0.3 is 14.7 Å². The monoisotopic (exact) mass is 369 g/mol. The van der Waals surface area contributed by atoms with E-state index < -0.39 is 11.9 Å². The summed E-state index contributed by atoms with van der Waals surface area (Å²) >= 11 is 0. The van der Waals surface area contributed by atoms with Gasteiger partial charge in [0.1, 0.15) is 0 Å². The van der Waals surface area contributed by atoms with E-state index in [2.05, 4.69) is 24.8 Å². The Morgan fingerprint density at radius 1 is 1.19 bits per heavy atom. The van der Waals surface area contributed by atoms with Gasteiger partial charge in [0.25, 0.3) is 0 Å². The molecule has 0 spiro atoms. The number of carboxylic acids is 1. The molecule has 8 nitrogen and oxygen atoms in total. The molecule has 8 heteroatoms. The topological polar surface area (TPSA) is 91.7 Å². The van der Waals surface area contributed by atoms with Crippen LogP contribution in [-0.4, -0.2) is 70.3 Å². The van der Waals surface area contributed by atoms with Gasteiger partial charge in [-0.3, -0.25) is 14.7 Å². The van der Waals surface area contributed by atoms with Gasteiger partial charge in [-0.2, -0.15) is 0 Å². The van der Waals surface area contributed by atoms with Gasteiger partial charge in [0.15, 0.2) is 0 Å². The molecule has 142 valence electrons. The average Bonchev–Trinajstić information content (AvgIpc) is 3.14. The first kappa shape index (κ1) is 17.8. The molecule has 4 heterocycles. The number of anilines is 1. The molecule has 2 fully saturated rings. The van der Waals surface area contributed by atoms with Gasteiger partial charge in [0.05, 0.1) is 19.1 Å². The van der Waals surface area contributed by atoms with Gasteiger partial charge in [0, 0.05) is 69.0 Å². The van der Waals surface area contributed by atoms with E-state index in [4.69, 9.17) is 4.74 Å². The number of likely N-dealkylation sites (tertiary alicyclic amines) is 1. The van der Waals surface area contributed by atoms with Crippen LogP contribution in [0.15, 0.2) is 36.9 Å². The second-order valence-corrected chi connectivity index (χ2v) is 7.02. The van der Waals surface area contributed by atoms with Crippen molar-refractivity contribution in [3.05, 3.63) is 48.0 Å². The lowest BCUT2D eigenvalue weighted by Gasteiger charge is -2.26. The molecule has 4 rings (SSSR count). The third kappa shape index (κ3) is 4.06. The van der Waals surface area contributed by atoms with Gasteiger partial charge in [0.2, 0.25) is 5.95 Å². The third-order valence-electron chi connectivity index (χ3n) is 5.22. The molecule has 2 aliphatic heterocycles. The van der Waals surface area contributed by atoms with Crippen LogP contribution in [0.4, 0.5) is 5.95 Å². The van der Waals surface area contributed by atoms with Gasteiger partial charge in [-0.1, -0.05) is 6.07 Å². The summed E-state index contributed by atoms with van der Waals surface area (Å²) in [4.78, 5) is 29.1. The fourth-order valence-electron chi connectivity index (χ4n) is 3.81. The van der Waals surface area contributed by atoms with Crippen molar-refractivity contribution in [2.45, 2.75) is 12.5 Å². The first-order chi connectivity index (χ1) is 13.2. The number of rotatable bonds is 5. The number of hydrogen-bond donors (Lipinski definition) is 1. The normalized spacial score (nSPS) is 23.5. The van der Waals surface area contributed by atoms with Gasteiger partial charge >= 0.3 is 5.97 Å². The molecule has 0 unspecified atom stereocenters. The summed E-state index contributed by atoms with van der Waals surface area (Å²) < 4.78 is 5.35. The number of aliphatic carboxylic acids is 1. The molecule has 0 bridgehead atoms. The van der Waals surface area contributed by atoms with Crippen molar-refractivity contribution < 1.29 is 14.6 Å². The second-order valence-electron chi connectivity index (χ2n) is 7.02. The number of pyridine rings is 1. The Hall–Kier alpha value is -2.58. The Kier molecular flexibility index (Phi) is 5.26. The third-order valence-corrected chi connectivity index (χ3v) is 5.22. The molecule has 2 aliphatic rings. The number of ether oxygens (including phenoxy) is 1. The molecule has 2 aromatic rings. The minimum Gasteiger partial charge on any atom is -0.481 e. The molecule has 27 heavy (non-hydrogen) atoms. The maximum atomic E-state index is 11.7. The number of carboxylic acid groups (broad SMARTS) is 1. The molecule has 0 aromatic carbocycles. The molecule has 2 aromatic heterocycles.